The molecule has 0 aliphatic heterocycles. The standard InChI is InChI=1S/C18H20N2O3/c21-13-16(18(23)19-12-15-9-5-2-6-10-15)20-17(22)11-14-7-3-1-4-8-14/h1-10,16,21H,11-13H2,(H,19,23)(H,20,22)/t16-/m0/s1. The summed E-state index contributed by atoms with van der Waals surface area (Å²) in [4.78, 5) is 24.0. The van der Waals surface area contributed by atoms with Gasteiger partial charge in [0, 0.05) is 6.54 Å². The van der Waals surface area contributed by atoms with Gasteiger partial charge in [0.2, 0.25) is 11.8 Å². The number of hydrogen-bond donors (Lipinski definition) is 3. The van der Waals surface area contributed by atoms with Crippen LogP contribution in [0.15, 0.2) is 60.7 Å². The van der Waals surface area contributed by atoms with Crippen molar-refractivity contribution in [3.8, 4) is 0 Å². The van der Waals surface area contributed by atoms with E-state index < -0.39 is 18.6 Å². The summed E-state index contributed by atoms with van der Waals surface area (Å²) in [6.07, 6.45) is 0.170. The molecule has 2 rings (SSSR count). The molecule has 0 heterocycles. The maximum absolute atomic E-state index is 12.0. The van der Waals surface area contributed by atoms with E-state index in [1.165, 1.54) is 0 Å². The minimum absolute atomic E-state index is 0.170. The highest BCUT2D eigenvalue weighted by Gasteiger charge is 2.19. The fourth-order valence-electron chi connectivity index (χ4n) is 2.13. The number of amides is 2. The summed E-state index contributed by atoms with van der Waals surface area (Å²) < 4.78 is 0. The zero-order valence-corrected chi connectivity index (χ0v) is 12.7. The quantitative estimate of drug-likeness (QED) is 0.714. The van der Waals surface area contributed by atoms with E-state index >= 15 is 0 Å². The Bertz CT molecular complexity index is 629. The van der Waals surface area contributed by atoms with Crippen LogP contribution in [0.5, 0.6) is 0 Å². The van der Waals surface area contributed by atoms with Gasteiger partial charge in [0.25, 0.3) is 0 Å². The lowest BCUT2D eigenvalue weighted by Crippen LogP contribution is -2.49. The summed E-state index contributed by atoms with van der Waals surface area (Å²) in [5.41, 5.74) is 1.81. The van der Waals surface area contributed by atoms with Gasteiger partial charge in [0.1, 0.15) is 6.04 Å². The van der Waals surface area contributed by atoms with Gasteiger partial charge in [0.15, 0.2) is 0 Å². The molecule has 0 aliphatic rings. The molecule has 2 amide bonds. The number of nitrogens with one attached hydrogen (secondary N) is 2. The molecule has 0 saturated heterocycles. The van der Waals surface area contributed by atoms with Crippen molar-refractivity contribution in [2.75, 3.05) is 6.61 Å². The van der Waals surface area contributed by atoms with Crippen LogP contribution in [0.4, 0.5) is 0 Å². The minimum Gasteiger partial charge on any atom is -0.394 e. The van der Waals surface area contributed by atoms with E-state index in [9.17, 15) is 14.7 Å². The van der Waals surface area contributed by atoms with E-state index in [1.807, 2.05) is 60.7 Å². The Kier molecular flexibility index (Phi) is 6.32. The van der Waals surface area contributed by atoms with Gasteiger partial charge < -0.3 is 15.7 Å². The number of carbonyl (C=O) groups excluding carboxylic acids is 2. The molecule has 0 aliphatic carbocycles. The maximum atomic E-state index is 12.0. The van der Waals surface area contributed by atoms with Gasteiger partial charge in [-0.2, -0.15) is 0 Å². The number of hydrogen-bond acceptors (Lipinski definition) is 3. The van der Waals surface area contributed by atoms with Crippen molar-refractivity contribution >= 4 is 11.8 Å². The average molecular weight is 312 g/mol. The number of aliphatic hydroxyl groups excluding tert-OH is 1. The maximum Gasteiger partial charge on any atom is 0.245 e. The van der Waals surface area contributed by atoms with Crippen molar-refractivity contribution in [2.45, 2.75) is 19.0 Å². The fourth-order valence-corrected chi connectivity index (χ4v) is 2.13. The Balaban J connectivity index is 1.83. The zero-order chi connectivity index (χ0) is 16.5. The Labute approximate surface area is 135 Å². The van der Waals surface area contributed by atoms with E-state index in [0.717, 1.165) is 11.1 Å². The molecule has 5 nitrogen and oxygen atoms in total. The fraction of sp³-hybridized carbons (Fsp3) is 0.222. The van der Waals surface area contributed by atoms with Gasteiger partial charge in [-0.25, -0.2) is 0 Å². The molecule has 0 spiro atoms. The molecule has 23 heavy (non-hydrogen) atoms. The van der Waals surface area contributed by atoms with Crippen molar-refractivity contribution in [2.24, 2.45) is 0 Å². The van der Waals surface area contributed by atoms with E-state index in [0.29, 0.717) is 6.54 Å². The number of benzene rings is 2. The number of aliphatic hydroxyl groups is 1. The van der Waals surface area contributed by atoms with Gasteiger partial charge in [0.05, 0.1) is 13.0 Å². The molecule has 0 radical (unpaired) electrons. The van der Waals surface area contributed by atoms with Crippen LogP contribution in [0.25, 0.3) is 0 Å². The molecule has 3 N–H and O–H groups in total. The van der Waals surface area contributed by atoms with Crippen molar-refractivity contribution in [1.82, 2.24) is 10.6 Å². The zero-order valence-electron chi connectivity index (χ0n) is 12.7. The van der Waals surface area contributed by atoms with Crippen LogP contribution in [0.2, 0.25) is 0 Å². The Hall–Kier alpha value is -2.66. The van der Waals surface area contributed by atoms with E-state index in [2.05, 4.69) is 10.6 Å². The van der Waals surface area contributed by atoms with E-state index in [-0.39, 0.29) is 12.3 Å². The van der Waals surface area contributed by atoms with Gasteiger partial charge in [-0.15, -0.1) is 0 Å². The van der Waals surface area contributed by atoms with Crippen molar-refractivity contribution < 1.29 is 14.7 Å². The second-order valence-electron chi connectivity index (χ2n) is 5.17. The summed E-state index contributed by atoms with van der Waals surface area (Å²) in [5, 5.41) is 14.6. The van der Waals surface area contributed by atoms with Crippen LogP contribution >= 0.6 is 0 Å². The predicted octanol–water partition coefficient (Wildman–Crippen LogP) is 1.02. The summed E-state index contributed by atoms with van der Waals surface area (Å²) >= 11 is 0. The van der Waals surface area contributed by atoms with Gasteiger partial charge >= 0.3 is 0 Å². The molecule has 0 unspecified atom stereocenters. The van der Waals surface area contributed by atoms with Crippen molar-refractivity contribution in [3.63, 3.8) is 0 Å². The Morgan fingerprint density at radius 3 is 2.04 bits per heavy atom. The minimum atomic E-state index is -0.949. The summed E-state index contributed by atoms with van der Waals surface area (Å²) in [5.74, 6) is -0.706. The third-order valence-electron chi connectivity index (χ3n) is 3.35. The van der Waals surface area contributed by atoms with Gasteiger partial charge in [-0.3, -0.25) is 9.59 Å². The molecule has 2 aromatic rings. The molecule has 1 atom stereocenters. The van der Waals surface area contributed by atoms with Crippen LogP contribution in [0.3, 0.4) is 0 Å². The molecule has 0 aromatic heterocycles. The molecule has 0 bridgehead atoms. The molecular formula is C18H20N2O3. The third kappa shape index (κ3) is 5.56. The van der Waals surface area contributed by atoms with Crippen LogP contribution in [0, 0.1) is 0 Å². The van der Waals surface area contributed by atoms with E-state index in [4.69, 9.17) is 0 Å². The van der Waals surface area contributed by atoms with Gasteiger partial charge in [-0.05, 0) is 11.1 Å². The Morgan fingerprint density at radius 2 is 1.48 bits per heavy atom. The topological polar surface area (TPSA) is 78.4 Å². The predicted molar refractivity (Wildman–Crippen MR) is 87.5 cm³/mol. The molecule has 0 fully saturated rings. The lowest BCUT2D eigenvalue weighted by Gasteiger charge is -2.16. The number of rotatable bonds is 7. The monoisotopic (exact) mass is 312 g/mol. The first-order valence-corrected chi connectivity index (χ1v) is 7.45. The van der Waals surface area contributed by atoms with Crippen LogP contribution < -0.4 is 10.6 Å². The lowest BCUT2D eigenvalue weighted by atomic mass is 10.1. The molecular weight excluding hydrogens is 292 g/mol. The summed E-state index contributed by atoms with van der Waals surface area (Å²) in [6, 6.07) is 17.7. The van der Waals surface area contributed by atoms with Crippen molar-refractivity contribution in [1.29, 1.82) is 0 Å². The first-order chi connectivity index (χ1) is 11.2. The molecule has 2 aromatic carbocycles. The van der Waals surface area contributed by atoms with Crippen molar-refractivity contribution in [3.05, 3.63) is 71.8 Å². The van der Waals surface area contributed by atoms with Crippen LogP contribution in [0.1, 0.15) is 11.1 Å². The van der Waals surface area contributed by atoms with Crippen LogP contribution in [-0.2, 0) is 22.6 Å². The lowest BCUT2D eigenvalue weighted by molar-refractivity contribution is -0.129. The second-order valence-corrected chi connectivity index (χ2v) is 5.17. The first kappa shape index (κ1) is 16.7. The highest BCUT2D eigenvalue weighted by Crippen LogP contribution is 2.00. The SMILES string of the molecule is O=C(Cc1ccccc1)N[C@@H](CO)C(=O)NCc1ccccc1. The molecule has 0 saturated carbocycles. The smallest absolute Gasteiger partial charge is 0.245 e. The van der Waals surface area contributed by atoms with E-state index in [1.54, 1.807) is 0 Å². The molecule has 5 heteroatoms. The summed E-state index contributed by atoms with van der Waals surface area (Å²) in [6.45, 7) is -0.0914. The Morgan fingerprint density at radius 1 is 0.913 bits per heavy atom. The number of carbonyl (C=O) groups is 2. The second kappa shape index (κ2) is 8.70. The first-order valence-electron chi connectivity index (χ1n) is 7.45. The normalized spacial score (nSPS) is 11.5. The molecule has 120 valence electrons. The van der Waals surface area contributed by atoms with Crippen LogP contribution in [-0.4, -0.2) is 29.6 Å². The summed E-state index contributed by atoms with van der Waals surface area (Å²) in [7, 11) is 0. The highest BCUT2D eigenvalue weighted by atomic mass is 16.3. The highest BCUT2D eigenvalue weighted by molar-refractivity contribution is 5.88. The van der Waals surface area contributed by atoms with Gasteiger partial charge in [-0.1, -0.05) is 60.7 Å². The average Bonchev–Trinajstić information content (AvgIpc) is 2.59. The largest absolute Gasteiger partial charge is 0.394 e. The third-order valence-corrected chi connectivity index (χ3v) is 3.35.